The first-order valence-electron chi connectivity index (χ1n) is 5.88. The van der Waals surface area contributed by atoms with E-state index in [4.69, 9.17) is 5.11 Å². The van der Waals surface area contributed by atoms with Crippen LogP contribution in [0.15, 0.2) is 0 Å². The summed E-state index contributed by atoms with van der Waals surface area (Å²) in [4.78, 5) is 22.7. The Kier molecular flexibility index (Phi) is 3.94. The smallest absolute Gasteiger partial charge is 0.318 e. The Morgan fingerprint density at radius 3 is 2.44 bits per heavy atom. The number of hydrogen-bond acceptors (Lipinski definition) is 2. The van der Waals surface area contributed by atoms with Gasteiger partial charge in [-0.1, -0.05) is 19.8 Å². The summed E-state index contributed by atoms with van der Waals surface area (Å²) < 4.78 is 0. The van der Waals surface area contributed by atoms with Crippen molar-refractivity contribution < 1.29 is 14.7 Å². The van der Waals surface area contributed by atoms with Gasteiger partial charge in [-0.15, -0.1) is 0 Å². The molecule has 0 heterocycles. The summed E-state index contributed by atoms with van der Waals surface area (Å²) in [5.74, 6) is -0.833. The van der Waals surface area contributed by atoms with Crippen molar-refractivity contribution >= 4 is 11.9 Å². The van der Waals surface area contributed by atoms with Gasteiger partial charge in [0.2, 0.25) is 5.91 Å². The number of carbonyl (C=O) groups is 2. The average molecular weight is 227 g/mol. The minimum absolute atomic E-state index is 0.148. The van der Waals surface area contributed by atoms with E-state index in [9.17, 15) is 9.59 Å². The highest BCUT2D eigenvalue weighted by Gasteiger charge is 2.37. The molecule has 1 rings (SSSR count). The molecular weight excluding hydrogens is 206 g/mol. The summed E-state index contributed by atoms with van der Waals surface area (Å²) in [6.45, 7) is 5.05. The van der Waals surface area contributed by atoms with E-state index in [1.807, 2.05) is 0 Å². The molecule has 2 atom stereocenters. The average Bonchev–Trinajstić information content (AvgIpc) is 2.17. The van der Waals surface area contributed by atoms with Gasteiger partial charge >= 0.3 is 5.97 Å². The van der Waals surface area contributed by atoms with Crippen LogP contribution >= 0.6 is 0 Å². The highest BCUT2D eigenvalue weighted by atomic mass is 16.4. The molecule has 0 aromatic carbocycles. The molecule has 1 amide bonds. The van der Waals surface area contributed by atoms with E-state index in [0.29, 0.717) is 5.92 Å². The number of amides is 1. The molecule has 0 aromatic heterocycles. The predicted octanol–water partition coefficient (Wildman–Crippen LogP) is 1.79. The number of nitrogens with one attached hydrogen (secondary N) is 1. The Morgan fingerprint density at radius 2 is 1.94 bits per heavy atom. The Morgan fingerprint density at radius 1 is 1.31 bits per heavy atom. The Hall–Kier alpha value is -1.06. The standard InChI is InChI=1S/C12H21NO3/c1-8-5-4-6-9(7-8)13-10(14)12(2,3)11(15)16/h8-9H,4-7H2,1-3H3,(H,13,14)(H,15,16). The van der Waals surface area contributed by atoms with Crippen molar-refractivity contribution in [2.45, 2.75) is 52.5 Å². The second-order valence-corrected chi connectivity index (χ2v) is 5.37. The van der Waals surface area contributed by atoms with E-state index in [-0.39, 0.29) is 11.9 Å². The third-order valence-electron chi connectivity index (χ3n) is 3.37. The van der Waals surface area contributed by atoms with E-state index in [2.05, 4.69) is 12.2 Å². The zero-order chi connectivity index (χ0) is 12.3. The normalized spacial score (nSPS) is 26.2. The van der Waals surface area contributed by atoms with Crippen molar-refractivity contribution in [2.24, 2.45) is 11.3 Å². The van der Waals surface area contributed by atoms with Crippen molar-refractivity contribution in [3.63, 3.8) is 0 Å². The van der Waals surface area contributed by atoms with E-state index in [0.717, 1.165) is 19.3 Å². The monoisotopic (exact) mass is 227 g/mol. The summed E-state index contributed by atoms with van der Waals surface area (Å²) in [6, 6.07) is 0.148. The number of rotatable bonds is 3. The number of carboxylic acids is 1. The van der Waals surface area contributed by atoms with E-state index < -0.39 is 11.4 Å². The molecule has 16 heavy (non-hydrogen) atoms. The fraction of sp³-hybridized carbons (Fsp3) is 0.833. The van der Waals surface area contributed by atoms with Crippen LogP contribution < -0.4 is 5.32 Å². The molecule has 1 fully saturated rings. The summed E-state index contributed by atoms with van der Waals surface area (Å²) >= 11 is 0. The second kappa shape index (κ2) is 4.85. The fourth-order valence-electron chi connectivity index (χ4n) is 2.03. The SMILES string of the molecule is CC1CCCC(NC(=O)C(C)(C)C(=O)O)C1. The molecule has 92 valence electrons. The van der Waals surface area contributed by atoms with E-state index in [1.54, 1.807) is 0 Å². The maximum Gasteiger partial charge on any atom is 0.318 e. The molecule has 4 heteroatoms. The van der Waals surface area contributed by atoms with Crippen LogP contribution in [-0.2, 0) is 9.59 Å². The van der Waals surface area contributed by atoms with E-state index in [1.165, 1.54) is 20.3 Å². The van der Waals surface area contributed by atoms with Gasteiger partial charge in [-0.05, 0) is 32.6 Å². The molecule has 0 aromatic rings. The van der Waals surface area contributed by atoms with Crippen LogP contribution in [0, 0.1) is 11.3 Å². The topological polar surface area (TPSA) is 66.4 Å². The van der Waals surface area contributed by atoms with E-state index >= 15 is 0 Å². The van der Waals surface area contributed by atoms with Crippen LogP contribution in [0.25, 0.3) is 0 Å². The number of carboxylic acid groups (broad SMARTS) is 1. The minimum atomic E-state index is -1.33. The zero-order valence-corrected chi connectivity index (χ0v) is 10.2. The highest BCUT2D eigenvalue weighted by Crippen LogP contribution is 2.25. The highest BCUT2D eigenvalue weighted by molar-refractivity contribution is 6.01. The summed E-state index contributed by atoms with van der Waals surface area (Å²) in [5.41, 5.74) is -1.33. The molecule has 2 N–H and O–H groups in total. The first kappa shape index (κ1) is 13.0. The maximum atomic E-state index is 11.8. The largest absolute Gasteiger partial charge is 0.480 e. The third kappa shape index (κ3) is 2.97. The number of aliphatic carboxylic acids is 1. The van der Waals surface area contributed by atoms with Crippen LogP contribution in [-0.4, -0.2) is 23.0 Å². The molecule has 2 unspecified atom stereocenters. The molecule has 0 aliphatic heterocycles. The Balaban J connectivity index is 2.54. The van der Waals surface area contributed by atoms with Crippen LogP contribution in [0.5, 0.6) is 0 Å². The first-order valence-corrected chi connectivity index (χ1v) is 5.88. The van der Waals surface area contributed by atoms with Crippen molar-refractivity contribution in [2.75, 3.05) is 0 Å². The lowest BCUT2D eigenvalue weighted by Crippen LogP contribution is -2.47. The van der Waals surface area contributed by atoms with Crippen molar-refractivity contribution in [3.8, 4) is 0 Å². The number of carbonyl (C=O) groups excluding carboxylic acids is 1. The quantitative estimate of drug-likeness (QED) is 0.722. The summed E-state index contributed by atoms with van der Waals surface area (Å²) in [6.07, 6.45) is 4.24. The summed E-state index contributed by atoms with van der Waals surface area (Å²) in [7, 11) is 0. The van der Waals surface area contributed by atoms with Gasteiger partial charge in [0.1, 0.15) is 5.41 Å². The van der Waals surface area contributed by atoms with Crippen molar-refractivity contribution in [3.05, 3.63) is 0 Å². The van der Waals surface area contributed by atoms with Gasteiger partial charge in [-0.3, -0.25) is 9.59 Å². The maximum absolute atomic E-state index is 11.8. The molecule has 1 saturated carbocycles. The predicted molar refractivity (Wildman–Crippen MR) is 61.0 cm³/mol. The van der Waals surface area contributed by atoms with Crippen LogP contribution in [0.4, 0.5) is 0 Å². The molecule has 0 spiro atoms. The van der Waals surface area contributed by atoms with Gasteiger partial charge in [0.05, 0.1) is 0 Å². The number of hydrogen-bond donors (Lipinski definition) is 2. The second-order valence-electron chi connectivity index (χ2n) is 5.37. The van der Waals surface area contributed by atoms with Crippen LogP contribution in [0.2, 0.25) is 0 Å². The lowest BCUT2D eigenvalue weighted by molar-refractivity contribution is -0.153. The van der Waals surface area contributed by atoms with Gasteiger partial charge < -0.3 is 10.4 Å². The third-order valence-corrected chi connectivity index (χ3v) is 3.37. The first-order chi connectivity index (χ1) is 7.34. The van der Waals surface area contributed by atoms with Crippen LogP contribution in [0.1, 0.15) is 46.5 Å². The lowest BCUT2D eigenvalue weighted by Gasteiger charge is -2.30. The fourth-order valence-corrected chi connectivity index (χ4v) is 2.03. The van der Waals surface area contributed by atoms with Gasteiger partial charge in [0.15, 0.2) is 0 Å². The van der Waals surface area contributed by atoms with Gasteiger partial charge in [-0.25, -0.2) is 0 Å². The molecule has 1 aliphatic carbocycles. The zero-order valence-electron chi connectivity index (χ0n) is 10.2. The van der Waals surface area contributed by atoms with Crippen LogP contribution in [0.3, 0.4) is 0 Å². The van der Waals surface area contributed by atoms with Gasteiger partial charge in [0.25, 0.3) is 0 Å². The Labute approximate surface area is 96.4 Å². The van der Waals surface area contributed by atoms with Crippen molar-refractivity contribution in [1.29, 1.82) is 0 Å². The molecular formula is C12H21NO3. The Bertz CT molecular complexity index is 286. The molecule has 0 bridgehead atoms. The van der Waals surface area contributed by atoms with Crippen molar-refractivity contribution in [1.82, 2.24) is 5.32 Å². The molecule has 4 nitrogen and oxygen atoms in total. The lowest BCUT2D eigenvalue weighted by atomic mass is 9.85. The van der Waals surface area contributed by atoms with Gasteiger partial charge in [-0.2, -0.15) is 0 Å². The molecule has 1 aliphatic rings. The summed E-state index contributed by atoms with van der Waals surface area (Å²) in [5, 5.41) is 11.8. The minimum Gasteiger partial charge on any atom is -0.480 e. The molecule has 0 radical (unpaired) electrons. The van der Waals surface area contributed by atoms with Gasteiger partial charge in [0, 0.05) is 6.04 Å². The molecule has 0 saturated heterocycles.